The molecular weight excluding hydrogens is 254 g/mol. The molecule has 1 aromatic rings. The van der Waals surface area contributed by atoms with E-state index in [9.17, 15) is 4.79 Å². The lowest BCUT2D eigenvalue weighted by atomic mass is 10.1. The number of fused-ring (bicyclic) bond motifs is 1. The highest BCUT2D eigenvalue weighted by atomic mass is 35.5. The van der Waals surface area contributed by atoms with Gasteiger partial charge in [0.1, 0.15) is 12.4 Å². The van der Waals surface area contributed by atoms with Gasteiger partial charge in [0.25, 0.3) is 5.91 Å². The number of carbonyl (C=O) groups excluding carboxylic acids is 1. The fraction of sp³-hybridized carbons (Fsp3) is 0.308. The second kappa shape index (κ2) is 4.63. The third-order valence-corrected chi connectivity index (χ3v) is 3.18. The summed E-state index contributed by atoms with van der Waals surface area (Å²) in [6, 6.07) is 5.49. The van der Waals surface area contributed by atoms with Crippen LogP contribution in [0, 0.1) is 0 Å². The highest BCUT2D eigenvalue weighted by molar-refractivity contribution is 6.30. The van der Waals surface area contributed by atoms with Crippen molar-refractivity contribution < 1.29 is 14.3 Å². The van der Waals surface area contributed by atoms with E-state index in [1.165, 1.54) is 0 Å². The predicted molar refractivity (Wildman–Crippen MR) is 67.7 cm³/mol. The molecule has 5 heteroatoms. The normalized spacial score (nSPS) is 18.2. The highest BCUT2D eigenvalue weighted by Gasteiger charge is 2.24. The molecule has 1 fully saturated rings. The molecule has 4 nitrogen and oxygen atoms in total. The van der Waals surface area contributed by atoms with Crippen molar-refractivity contribution in [1.29, 1.82) is 0 Å². The van der Waals surface area contributed by atoms with Gasteiger partial charge in [-0.3, -0.25) is 4.79 Å². The van der Waals surface area contributed by atoms with Gasteiger partial charge in [0, 0.05) is 10.6 Å². The van der Waals surface area contributed by atoms with Crippen molar-refractivity contribution in [2.24, 2.45) is 0 Å². The molecule has 1 N–H and O–H groups in total. The van der Waals surface area contributed by atoms with Crippen molar-refractivity contribution in [3.8, 4) is 5.75 Å². The van der Waals surface area contributed by atoms with Crippen LogP contribution in [-0.2, 0) is 9.53 Å². The fourth-order valence-electron chi connectivity index (χ4n) is 1.88. The summed E-state index contributed by atoms with van der Waals surface area (Å²) in [5.41, 5.74) is 1.44. The molecule has 0 radical (unpaired) electrons. The minimum Gasteiger partial charge on any atom is -0.488 e. The Bertz CT molecular complexity index is 523. The molecule has 0 spiro atoms. The average molecular weight is 266 g/mol. The molecule has 0 unspecified atom stereocenters. The molecule has 0 aliphatic carbocycles. The number of hydrogen-bond acceptors (Lipinski definition) is 3. The van der Waals surface area contributed by atoms with Gasteiger partial charge in [0.15, 0.2) is 0 Å². The van der Waals surface area contributed by atoms with Gasteiger partial charge in [-0.1, -0.05) is 11.6 Å². The van der Waals surface area contributed by atoms with Crippen LogP contribution < -0.4 is 10.1 Å². The molecule has 1 saturated heterocycles. The molecule has 18 heavy (non-hydrogen) atoms. The molecule has 0 bridgehead atoms. The molecule has 0 aromatic heterocycles. The molecule has 1 amide bonds. The maximum absolute atomic E-state index is 11.9. The maximum atomic E-state index is 11.9. The van der Waals surface area contributed by atoms with E-state index in [0.717, 1.165) is 11.3 Å². The van der Waals surface area contributed by atoms with Crippen LogP contribution >= 0.6 is 11.6 Å². The summed E-state index contributed by atoms with van der Waals surface area (Å²) >= 11 is 5.92. The summed E-state index contributed by atoms with van der Waals surface area (Å²) < 4.78 is 10.5. The Labute approximate surface area is 110 Å². The second-order valence-electron chi connectivity index (χ2n) is 4.35. The number of ether oxygens (including phenoxy) is 2. The molecule has 94 valence electrons. The zero-order chi connectivity index (χ0) is 12.5. The first-order valence-corrected chi connectivity index (χ1v) is 6.12. The van der Waals surface area contributed by atoms with Gasteiger partial charge in [-0.2, -0.15) is 0 Å². The Balaban J connectivity index is 1.79. The summed E-state index contributed by atoms with van der Waals surface area (Å²) in [7, 11) is 0. The van der Waals surface area contributed by atoms with E-state index in [0.29, 0.717) is 23.8 Å². The summed E-state index contributed by atoms with van der Waals surface area (Å²) in [6.07, 6.45) is 1.82. The molecule has 3 rings (SSSR count). The van der Waals surface area contributed by atoms with Crippen LogP contribution in [0.5, 0.6) is 5.75 Å². The first kappa shape index (κ1) is 11.6. The fourth-order valence-corrected chi connectivity index (χ4v) is 2.06. The van der Waals surface area contributed by atoms with Gasteiger partial charge in [-0.05, 0) is 24.3 Å². The average Bonchev–Trinajstić information content (AvgIpc) is 2.32. The second-order valence-corrected chi connectivity index (χ2v) is 4.78. The van der Waals surface area contributed by atoms with Crippen molar-refractivity contribution in [2.75, 3.05) is 19.8 Å². The maximum Gasteiger partial charge on any atom is 0.251 e. The van der Waals surface area contributed by atoms with E-state index in [-0.39, 0.29) is 18.6 Å². The Hall–Kier alpha value is -1.52. The van der Waals surface area contributed by atoms with E-state index in [2.05, 4.69) is 5.32 Å². The van der Waals surface area contributed by atoms with Crippen LogP contribution in [0.25, 0.3) is 6.08 Å². The lowest BCUT2D eigenvalue weighted by molar-refractivity contribution is -0.121. The van der Waals surface area contributed by atoms with Gasteiger partial charge >= 0.3 is 0 Å². The predicted octanol–water partition coefficient (Wildman–Crippen LogP) is 1.63. The lowest BCUT2D eigenvalue weighted by Gasteiger charge is -2.27. The van der Waals surface area contributed by atoms with E-state index >= 15 is 0 Å². The molecule has 1 aromatic carbocycles. The number of rotatable bonds is 2. The van der Waals surface area contributed by atoms with Crippen LogP contribution in [0.3, 0.4) is 0 Å². The first-order valence-electron chi connectivity index (χ1n) is 5.74. The standard InChI is InChI=1S/C13H12ClNO3/c14-10-1-2-12-8(4-10)3-9(5-18-12)13(16)15-11-6-17-7-11/h1-4,11H,5-7H2,(H,15,16). The topological polar surface area (TPSA) is 47.6 Å². The van der Waals surface area contributed by atoms with Crippen molar-refractivity contribution >= 4 is 23.6 Å². The zero-order valence-corrected chi connectivity index (χ0v) is 10.4. The molecule has 2 aliphatic rings. The number of carbonyl (C=O) groups is 1. The largest absolute Gasteiger partial charge is 0.488 e. The molecular formula is C13H12ClNO3. The van der Waals surface area contributed by atoms with Crippen LogP contribution in [0.1, 0.15) is 5.56 Å². The van der Waals surface area contributed by atoms with Crippen molar-refractivity contribution in [3.63, 3.8) is 0 Å². The van der Waals surface area contributed by atoms with E-state index < -0.39 is 0 Å². The van der Waals surface area contributed by atoms with Gasteiger partial charge in [-0.15, -0.1) is 0 Å². The Morgan fingerprint density at radius 2 is 2.22 bits per heavy atom. The number of hydrogen-bond donors (Lipinski definition) is 1. The van der Waals surface area contributed by atoms with Gasteiger partial charge in [0.05, 0.1) is 24.8 Å². The summed E-state index contributed by atoms with van der Waals surface area (Å²) in [6.45, 7) is 1.46. The molecule has 0 saturated carbocycles. The highest BCUT2D eigenvalue weighted by Crippen LogP contribution is 2.29. The third kappa shape index (κ3) is 2.21. The molecule has 2 aliphatic heterocycles. The third-order valence-electron chi connectivity index (χ3n) is 2.95. The van der Waals surface area contributed by atoms with Gasteiger partial charge < -0.3 is 14.8 Å². The Morgan fingerprint density at radius 1 is 1.39 bits per heavy atom. The number of nitrogens with one attached hydrogen (secondary N) is 1. The summed E-state index contributed by atoms with van der Waals surface area (Å²) in [4.78, 5) is 11.9. The Morgan fingerprint density at radius 3 is 2.94 bits per heavy atom. The summed E-state index contributed by atoms with van der Waals surface area (Å²) in [5.74, 6) is 0.650. The Kier molecular flexibility index (Phi) is 2.97. The molecule has 0 atom stereocenters. The van der Waals surface area contributed by atoms with E-state index in [4.69, 9.17) is 21.1 Å². The van der Waals surface area contributed by atoms with Crippen LogP contribution in [0.2, 0.25) is 5.02 Å². The van der Waals surface area contributed by atoms with Crippen LogP contribution in [-0.4, -0.2) is 31.8 Å². The smallest absolute Gasteiger partial charge is 0.251 e. The van der Waals surface area contributed by atoms with E-state index in [1.54, 1.807) is 12.1 Å². The quantitative estimate of drug-likeness (QED) is 0.884. The zero-order valence-electron chi connectivity index (χ0n) is 9.61. The minimum absolute atomic E-state index is 0.103. The SMILES string of the molecule is O=C(NC1COC1)C1=Cc2cc(Cl)ccc2OC1. The van der Waals surface area contributed by atoms with Crippen molar-refractivity contribution in [2.45, 2.75) is 6.04 Å². The number of benzene rings is 1. The first-order chi connectivity index (χ1) is 8.72. The minimum atomic E-state index is -0.103. The van der Waals surface area contributed by atoms with Gasteiger partial charge in [0.2, 0.25) is 0 Å². The van der Waals surface area contributed by atoms with Crippen LogP contribution in [0.4, 0.5) is 0 Å². The number of halogens is 1. The monoisotopic (exact) mass is 265 g/mol. The molecule has 2 heterocycles. The van der Waals surface area contributed by atoms with Crippen LogP contribution in [0.15, 0.2) is 23.8 Å². The lowest BCUT2D eigenvalue weighted by Crippen LogP contribution is -2.49. The number of amides is 1. The van der Waals surface area contributed by atoms with Crippen molar-refractivity contribution in [3.05, 3.63) is 34.4 Å². The summed E-state index contributed by atoms with van der Waals surface area (Å²) in [5, 5.41) is 3.51. The van der Waals surface area contributed by atoms with Gasteiger partial charge in [-0.25, -0.2) is 0 Å². The van der Waals surface area contributed by atoms with E-state index in [1.807, 2.05) is 12.1 Å². The van der Waals surface area contributed by atoms with Crippen molar-refractivity contribution in [1.82, 2.24) is 5.32 Å².